The molecule has 2 N–H and O–H groups in total. The number of aryl methyl sites for hydroxylation is 1. The monoisotopic (exact) mass is 652 g/mol. The molecule has 48 heavy (non-hydrogen) atoms. The predicted octanol–water partition coefficient (Wildman–Crippen LogP) is 3.44. The number of rotatable bonds is 7. The fourth-order valence-corrected chi connectivity index (χ4v) is 8.46. The number of piperazine rings is 1. The molecule has 3 unspecified atom stereocenters. The molecule has 0 radical (unpaired) electrons. The van der Waals surface area contributed by atoms with Crippen LogP contribution in [-0.2, 0) is 23.2 Å². The Morgan fingerprint density at radius 1 is 1.06 bits per heavy atom. The molecular formula is C36H44N8O4. The summed E-state index contributed by atoms with van der Waals surface area (Å²) >= 11 is 0. The van der Waals surface area contributed by atoms with Crippen LogP contribution in [0, 0.1) is 5.92 Å². The van der Waals surface area contributed by atoms with E-state index in [1.54, 1.807) is 36.6 Å². The van der Waals surface area contributed by atoms with Gasteiger partial charge < -0.3 is 29.5 Å². The van der Waals surface area contributed by atoms with Gasteiger partial charge in [0.05, 0.1) is 37.7 Å². The number of aromatic nitrogens is 3. The quantitative estimate of drug-likeness (QED) is 0.393. The van der Waals surface area contributed by atoms with Crippen molar-refractivity contribution in [1.82, 2.24) is 24.3 Å². The van der Waals surface area contributed by atoms with Gasteiger partial charge in [-0.05, 0) is 61.9 Å². The summed E-state index contributed by atoms with van der Waals surface area (Å²) < 4.78 is 6.91. The first-order valence-electron chi connectivity index (χ1n) is 17.3. The van der Waals surface area contributed by atoms with E-state index in [1.165, 1.54) is 23.8 Å². The molecular weight excluding hydrogens is 608 g/mol. The maximum atomic E-state index is 13.9. The number of fused-ring (bicyclic) bond motifs is 3. The van der Waals surface area contributed by atoms with Crippen molar-refractivity contribution >= 4 is 28.9 Å². The normalized spacial score (nSPS) is 26.0. The minimum absolute atomic E-state index is 0.00664. The molecule has 252 valence electrons. The van der Waals surface area contributed by atoms with Gasteiger partial charge in [0.25, 0.3) is 11.5 Å². The number of pyridine rings is 3. The fraction of sp³-hybridized carbons (Fsp3) is 0.500. The SMILES string of the molecule is C[C@H]1CN(C2COC2)CCN1c1ccc(Nc2cc(-c3ccnc(N4C=CN5C(CC6CCCCC65)C4=O)c3CO)cn(C)c2=O)nc1. The Balaban J connectivity index is 1.03. The van der Waals surface area contributed by atoms with Gasteiger partial charge in [0.15, 0.2) is 0 Å². The highest BCUT2D eigenvalue weighted by Crippen LogP contribution is 2.43. The van der Waals surface area contributed by atoms with Crippen LogP contribution in [0.3, 0.4) is 0 Å². The molecule has 1 aliphatic carbocycles. The molecule has 0 bridgehead atoms. The van der Waals surface area contributed by atoms with E-state index in [-0.39, 0.29) is 24.1 Å². The van der Waals surface area contributed by atoms with Crippen LogP contribution in [0.2, 0.25) is 0 Å². The third-order valence-corrected chi connectivity index (χ3v) is 11.1. The van der Waals surface area contributed by atoms with Crippen LogP contribution in [0.25, 0.3) is 11.1 Å². The zero-order valence-corrected chi connectivity index (χ0v) is 27.7. The second-order valence-corrected chi connectivity index (χ2v) is 13.9. The fourth-order valence-electron chi connectivity index (χ4n) is 8.46. The van der Waals surface area contributed by atoms with E-state index in [1.807, 2.05) is 30.6 Å². The van der Waals surface area contributed by atoms with Crippen molar-refractivity contribution in [2.45, 2.75) is 69.8 Å². The summed E-state index contributed by atoms with van der Waals surface area (Å²) in [5.41, 5.74) is 3.16. The number of anilines is 4. The lowest BCUT2D eigenvalue weighted by molar-refractivity contribution is -0.122. The third kappa shape index (κ3) is 5.45. The number of hydrogen-bond donors (Lipinski definition) is 2. The van der Waals surface area contributed by atoms with Crippen molar-refractivity contribution in [1.29, 1.82) is 0 Å². The van der Waals surface area contributed by atoms with Gasteiger partial charge in [-0.3, -0.25) is 19.4 Å². The molecule has 3 saturated heterocycles. The third-order valence-electron chi connectivity index (χ3n) is 11.1. The molecule has 3 aromatic heterocycles. The lowest BCUT2D eigenvalue weighted by atomic mass is 9.85. The van der Waals surface area contributed by atoms with Crippen LogP contribution in [0.1, 0.15) is 44.6 Å². The van der Waals surface area contributed by atoms with Crippen molar-refractivity contribution in [2.75, 3.05) is 48.0 Å². The van der Waals surface area contributed by atoms with Crippen molar-refractivity contribution in [3.63, 3.8) is 0 Å². The highest BCUT2D eigenvalue weighted by atomic mass is 16.5. The van der Waals surface area contributed by atoms with Crippen LogP contribution < -0.4 is 20.7 Å². The van der Waals surface area contributed by atoms with Crippen molar-refractivity contribution in [2.24, 2.45) is 13.0 Å². The highest BCUT2D eigenvalue weighted by molar-refractivity contribution is 6.00. The summed E-state index contributed by atoms with van der Waals surface area (Å²) in [4.78, 5) is 45.1. The van der Waals surface area contributed by atoms with E-state index in [0.717, 1.165) is 56.9 Å². The number of aliphatic hydroxyl groups excluding tert-OH is 1. The summed E-state index contributed by atoms with van der Waals surface area (Å²) in [6.45, 7) is 6.50. The number of aliphatic hydroxyl groups is 1. The Kier molecular flexibility index (Phi) is 8.18. The first-order chi connectivity index (χ1) is 23.4. The highest BCUT2D eigenvalue weighted by Gasteiger charge is 2.47. The Hall–Kier alpha value is -4.26. The van der Waals surface area contributed by atoms with E-state index >= 15 is 0 Å². The minimum Gasteiger partial charge on any atom is -0.392 e. The van der Waals surface area contributed by atoms with Gasteiger partial charge in [-0.2, -0.15) is 0 Å². The van der Waals surface area contributed by atoms with E-state index in [4.69, 9.17) is 4.74 Å². The van der Waals surface area contributed by atoms with Gasteiger partial charge in [0.2, 0.25) is 0 Å². The number of carbonyl (C=O) groups is 1. The maximum Gasteiger partial charge on any atom is 0.274 e. The van der Waals surface area contributed by atoms with Gasteiger partial charge in [-0.15, -0.1) is 0 Å². The zero-order valence-electron chi connectivity index (χ0n) is 27.7. The maximum absolute atomic E-state index is 13.9. The van der Waals surface area contributed by atoms with E-state index < -0.39 is 0 Å². The van der Waals surface area contributed by atoms with Crippen LogP contribution >= 0.6 is 0 Å². The second kappa shape index (κ2) is 12.6. The van der Waals surface area contributed by atoms with Crippen LogP contribution in [0.5, 0.6) is 0 Å². The number of nitrogens with zero attached hydrogens (tertiary/aromatic N) is 7. The summed E-state index contributed by atoms with van der Waals surface area (Å²) in [6, 6.07) is 8.66. The second-order valence-electron chi connectivity index (χ2n) is 13.9. The molecule has 12 nitrogen and oxygen atoms in total. The topological polar surface area (TPSA) is 119 Å². The Morgan fingerprint density at radius 2 is 1.92 bits per heavy atom. The molecule has 12 heteroatoms. The zero-order chi connectivity index (χ0) is 32.9. The standard InChI is InChI=1S/C36H44N8O4/c1-23-18-41(27-21-48-22-27)11-12-42(23)26-7-8-33(38-17-26)39-30-15-25(19-40(2)35(30)46)28-9-10-37-34(29(28)20-45)44-14-13-43-31-6-4-3-5-24(31)16-32(43)36(44)47/h7-10,13-15,17,19,23-24,27,31-32,45H,3-6,11-12,16,18,20-22H2,1-2H3,(H,38,39)/t23-,24?,31?,32?/m0/s1. The number of ether oxygens (including phenoxy) is 1. The van der Waals surface area contributed by atoms with Crippen molar-refractivity contribution < 1.29 is 14.6 Å². The van der Waals surface area contributed by atoms with Gasteiger partial charge >= 0.3 is 0 Å². The predicted molar refractivity (Wildman–Crippen MR) is 184 cm³/mol. The van der Waals surface area contributed by atoms with Gasteiger partial charge in [0.1, 0.15) is 23.4 Å². The smallest absolute Gasteiger partial charge is 0.274 e. The lowest BCUT2D eigenvalue weighted by Crippen LogP contribution is -2.59. The summed E-state index contributed by atoms with van der Waals surface area (Å²) in [6.07, 6.45) is 14.7. The average molecular weight is 653 g/mol. The number of hydrogen-bond acceptors (Lipinski definition) is 10. The summed E-state index contributed by atoms with van der Waals surface area (Å²) in [5, 5.41) is 13.9. The van der Waals surface area contributed by atoms with Crippen LogP contribution in [-0.4, -0.2) is 92.4 Å². The minimum atomic E-state index is -0.314. The Labute approximate surface area is 280 Å². The molecule has 8 rings (SSSR count). The molecule has 3 aromatic rings. The Morgan fingerprint density at radius 3 is 2.67 bits per heavy atom. The molecule has 1 saturated carbocycles. The molecule has 4 fully saturated rings. The molecule has 0 spiro atoms. The van der Waals surface area contributed by atoms with Crippen molar-refractivity contribution in [3.05, 3.63) is 71.2 Å². The first kappa shape index (κ1) is 31.0. The molecule has 1 amide bonds. The lowest BCUT2D eigenvalue weighted by Gasteiger charge is -2.46. The molecule has 7 heterocycles. The summed E-state index contributed by atoms with van der Waals surface area (Å²) in [5.74, 6) is 1.52. The van der Waals surface area contributed by atoms with E-state index in [0.29, 0.717) is 52.5 Å². The van der Waals surface area contributed by atoms with Crippen LogP contribution in [0.15, 0.2) is 60.1 Å². The largest absolute Gasteiger partial charge is 0.392 e. The average Bonchev–Trinajstić information content (AvgIpc) is 3.46. The number of nitrogens with one attached hydrogen (secondary N) is 1. The van der Waals surface area contributed by atoms with Crippen LogP contribution in [0.4, 0.5) is 23.0 Å². The van der Waals surface area contributed by atoms with Gasteiger partial charge in [-0.1, -0.05) is 12.8 Å². The van der Waals surface area contributed by atoms with Gasteiger partial charge in [0, 0.05) is 74.7 Å². The first-order valence-corrected chi connectivity index (χ1v) is 17.3. The van der Waals surface area contributed by atoms with Crippen molar-refractivity contribution in [3.8, 4) is 11.1 Å². The number of amides is 1. The molecule has 0 aromatic carbocycles. The van der Waals surface area contributed by atoms with Gasteiger partial charge in [-0.25, -0.2) is 9.97 Å². The number of carbonyl (C=O) groups excluding carboxylic acids is 1. The molecule has 4 aliphatic heterocycles. The van der Waals surface area contributed by atoms with E-state index in [2.05, 4.69) is 36.9 Å². The molecule has 4 atom stereocenters. The molecule has 5 aliphatic rings. The Bertz CT molecular complexity index is 1770. The summed E-state index contributed by atoms with van der Waals surface area (Å²) in [7, 11) is 1.70. The van der Waals surface area contributed by atoms with E-state index in [9.17, 15) is 14.7 Å².